The quantitative estimate of drug-likeness (QED) is 0.288. The van der Waals surface area contributed by atoms with Crippen molar-refractivity contribution in [2.24, 2.45) is 7.05 Å². The van der Waals surface area contributed by atoms with Crippen molar-refractivity contribution in [2.45, 2.75) is 6.92 Å². The van der Waals surface area contributed by atoms with Crippen LogP contribution in [0.4, 0.5) is 0 Å². The van der Waals surface area contributed by atoms with E-state index in [4.69, 9.17) is 4.42 Å². The van der Waals surface area contributed by atoms with E-state index in [1.165, 1.54) is 47.8 Å². The molecule has 0 aliphatic carbocycles. The highest BCUT2D eigenvalue weighted by molar-refractivity contribution is 7.22. The van der Waals surface area contributed by atoms with Gasteiger partial charge in [0.1, 0.15) is 17.5 Å². The predicted octanol–water partition coefficient (Wildman–Crippen LogP) is 6.75. The Morgan fingerprint density at radius 1 is 0.786 bits per heavy atom. The fraction of sp³-hybridized carbons (Fsp3) is 0.0800. The van der Waals surface area contributed by atoms with Crippen LogP contribution >= 0.6 is 11.3 Å². The largest absolute Gasteiger partial charge is 0.450 e. The summed E-state index contributed by atoms with van der Waals surface area (Å²) in [7, 11) is 2.10. The summed E-state index contributed by atoms with van der Waals surface area (Å²) in [4.78, 5) is 1.32. The summed E-state index contributed by atoms with van der Waals surface area (Å²) in [6.07, 6.45) is 2.11. The minimum Gasteiger partial charge on any atom is -0.450 e. The molecule has 6 rings (SSSR count). The molecule has 0 N–H and O–H groups in total. The van der Waals surface area contributed by atoms with Crippen LogP contribution in [0.3, 0.4) is 0 Å². The summed E-state index contributed by atoms with van der Waals surface area (Å²) in [5.41, 5.74) is 4.44. The summed E-state index contributed by atoms with van der Waals surface area (Å²) >= 11 is 1.86. The highest BCUT2D eigenvalue weighted by atomic mass is 32.1. The van der Waals surface area contributed by atoms with Gasteiger partial charge in [-0.1, -0.05) is 42.5 Å². The molecular formula is C25H18NOS+. The van der Waals surface area contributed by atoms with Gasteiger partial charge in [-0.05, 0) is 46.8 Å². The first kappa shape index (κ1) is 15.8. The first-order valence-corrected chi connectivity index (χ1v) is 10.2. The van der Waals surface area contributed by atoms with Crippen LogP contribution in [0.1, 0.15) is 5.56 Å². The van der Waals surface area contributed by atoms with E-state index in [0.717, 1.165) is 11.2 Å². The number of hydrogen-bond donors (Lipinski definition) is 0. The number of hydrogen-bond acceptors (Lipinski definition) is 2. The molecule has 0 unspecified atom stereocenters. The minimum atomic E-state index is 0.926. The zero-order valence-corrected chi connectivity index (χ0v) is 16.5. The van der Waals surface area contributed by atoms with Crippen molar-refractivity contribution in [1.82, 2.24) is 0 Å². The van der Waals surface area contributed by atoms with Crippen LogP contribution in [0.5, 0.6) is 0 Å². The van der Waals surface area contributed by atoms with Crippen molar-refractivity contribution in [3.63, 3.8) is 0 Å². The Labute approximate surface area is 166 Å². The van der Waals surface area contributed by atoms with Gasteiger partial charge in [0.05, 0.1) is 0 Å². The topological polar surface area (TPSA) is 17.0 Å². The molecule has 3 aromatic heterocycles. The van der Waals surface area contributed by atoms with E-state index in [2.05, 4.69) is 91.5 Å². The molecule has 0 aliphatic heterocycles. The monoisotopic (exact) mass is 380 g/mol. The van der Waals surface area contributed by atoms with Crippen LogP contribution in [0.25, 0.3) is 53.4 Å². The highest BCUT2D eigenvalue weighted by Gasteiger charge is 2.21. The zero-order valence-electron chi connectivity index (χ0n) is 15.7. The van der Waals surface area contributed by atoms with Gasteiger partial charge in [-0.2, -0.15) is 4.57 Å². The van der Waals surface area contributed by atoms with Crippen molar-refractivity contribution in [3.8, 4) is 10.6 Å². The number of aromatic nitrogens is 1. The molecular weight excluding hydrogens is 362 g/mol. The number of pyridine rings is 1. The third kappa shape index (κ3) is 2.17. The zero-order chi connectivity index (χ0) is 18.8. The molecule has 3 heteroatoms. The number of benzene rings is 3. The number of nitrogens with zero attached hydrogens (tertiary/aromatic N) is 1. The highest BCUT2D eigenvalue weighted by Crippen LogP contribution is 2.39. The number of furan rings is 1. The van der Waals surface area contributed by atoms with E-state index in [9.17, 15) is 0 Å². The Kier molecular flexibility index (Phi) is 3.21. The summed E-state index contributed by atoms with van der Waals surface area (Å²) in [6, 6.07) is 23.8. The molecule has 28 heavy (non-hydrogen) atoms. The smallest absolute Gasteiger partial charge is 0.223 e. The maximum absolute atomic E-state index is 6.20. The van der Waals surface area contributed by atoms with Crippen LogP contribution in [-0.4, -0.2) is 0 Å². The van der Waals surface area contributed by atoms with E-state index in [1.54, 1.807) is 0 Å². The van der Waals surface area contributed by atoms with Gasteiger partial charge in [0.2, 0.25) is 11.9 Å². The minimum absolute atomic E-state index is 0.926. The SMILES string of the molecule is Cc1c(-c2cc3c(c[n+]2C)oc2cc4ccccc4cc23)sc2ccccc12. The molecule has 0 bridgehead atoms. The molecule has 3 heterocycles. The van der Waals surface area contributed by atoms with Crippen LogP contribution in [0, 0.1) is 6.92 Å². The second-order valence-corrected chi connectivity index (χ2v) is 8.45. The fourth-order valence-corrected chi connectivity index (χ4v) is 5.46. The van der Waals surface area contributed by atoms with E-state index in [-0.39, 0.29) is 0 Å². The Morgan fingerprint density at radius 3 is 2.32 bits per heavy atom. The lowest BCUT2D eigenvalue weighted by molar-refractivity contribution is -0.659. The summed E-state index contributed by atoms with van der Waals surface area (Å²) < 4.78 is 9.72. The second kappa shape index (κ2) is 5.66. The summed E-state index contributed by atoms with van der Waals surface area (Å²) in [6.45, 7) is 2.22. The van der Waals surface area contributed by atoms with Gasteiger partial charge in [0.25, 0.3) is 0 Å². The molecule has 0 fully saturated rings. The summed E-state index contributed by atoms with van der Waals surface area (Å²) in [5.74, 6) is 0. The lowest BCUT2D eigenvalue weighted by Gasteiger charge is -2.00. The fourth-order valence-electron chi connectivity index (χ4n) is 4.19. The van der Waals surface area contributed by atoms with E-state index in [0.29, 0.717) is 0 Å². The van der Waals surface area contributed by atoms with Gasteiger partial charge >= 0.3 is 0 Å². The molecule has 2 nitrogen and oxygen atoms in total. The standard InChI is InChI=1S/C25H18NOS/c1-15-18-9-5-6-10-24(18)28-25(15)21-13-20-19-11-16-7-3-4-8-17(16)12-22(19)27-23(20)14-26(21)2/h3-14H,1-2H3/q+1. The van der Waals surface area contributed by atoms with Gasteiger partial charge in [-0.15, -0.1) is 11.3 Å². The van der Waals surface area contributed by atoms with Gasteiger partial charge < -0.3 is 4.42 Å². The summed E-state index contributed by atoms with van der Waals surface area (Å²) in [5, 5.41) is 6.13. The number of rotatable bonds is 1. The van der Waals surface area contributed by atoms with Crippen LogP contribution in [-0.2, 0) is 7.05 Å². The van der Waals surface area contributed by atoms with Gasteiger partial charge in [0, 0.05) is 21.5 Å². The normalized spacial score (nSPS) is 11.9. The maximum Gasteiger partial charge on any atom is 0.223 e. The van der Waals surface area contributed by atoms with Crippen molar-refractivity contribution in [1.29, 1.82) is 0 Å². The van der Waals surface area contributed by atoms with Gasteiger partial charge in [0.15, 0.2) is 5.58 Å². The van der Waals surface area contributed by atoms with Crippen LogP contribution < -0.4 is 4.57 Å². The van der Waals surface area contributed by atoms with Gasteiger partial charge in [-0.25, -0.2) is 0 Å². The lowest BCUT2D eigenvalue weighted by Crippen LogP contribution is -2.30. The number of fused-ring (bicyclic) bond motifs is 5. The molecule has 0 radical (unpaired) electrons. The first-order chi connectivity index (χ1) is 13.7. The third-order valence-corrected chi connectivity index (χ3v) is 6.97. The molecule has 0 amide bonds. The number of thiophene rings is 1. The Bertz CT molecular complexity index is 1540. The van der Waals surface area contributed by atoms with Crippen molar-refractivity contribution in [2.75, 3.05) is 0 Å². The van der Waals surface area contributed by atoms with E-state index in [1.807, 2.05) is 11.3 Å². The molecule has 0 saturated heterocycles. The van der Waals surface area contributed by atoms with E-state index < -0.39 is 0 Å². The molecule has 134 valence electrons. The Hall–Kier alpha value is -3.17. The van der Waals surface area contributed by atoms with Crippen molar-refractivity contribution < 1.29 is 8.98 Å². The average molecular weight is 380 g/mol. The Morgan fingerprint density at radius 2 is 1.50 bits per heavy atom. The van der Waals surface area contributed by atoms with Crippen LogP contribution in [0.2, 0.25) is 0 Å². The Balaban J connectivity index is 1.68. The molecule has 0 spiro atoms. The van der Waals surface area contributed by atoms with Crippen molar-refractivity contribution in [3.05, 3.63) is 78.5 Å². The third-order valence-electron chi connectivity index (χ3n) is 5.67. The van der Waals surface area contributed by atoms with Crippen molar-refractivity contribution >= 4 is 54.1 Å². The van der Waals surface area contributed by atoms with Gasteiger partial charge in [-0.3, -0.25) is 0 Å². The molecule has 0 aliphatic rings. The first-order valence-electron chi connectivity index (χ1n) is 9.42. The molecule has 3 aromatic carbocycles. The lowest BCUT2D eigenvalue weighted by atomic mass is 10.1. The predicted molar refractivity (Wildman–Crippen MR) is 118 cm³/mol. The molecule has 0 saturated carbocycles. The van der Waals surface area contributed by atoms with Crippen LogP contribution in [0.15, 0.2) is 77.3 Å². The van der Waals surface area contributed by atoms with E-state index >= 15 is 0 Å². The molecule has 0 atom stereocenters. The number of aryl methyl sites for hydroxylation is 2. The second-order valence-electron chi connectivity index (χ2n) is 7.40. The maximum atomic E-state index is 6.20. The molecule has 6 aromatic rings. The average Bonchev–Trinajstić information content (AvgIpc) is 3.22.